The highest BCUT2D eigenvalue weighted by Gasteiger charge is 2.45. The van der Waals surface area contributed by atoms with Crippen molar-refractivity contribution in [2.45, 2.75) is 38.3 Å². The molecule has 4 atom stereocenters. The average molecular weight is 251 g/mol. The molecule has 1 rings (SSSR count). The van der Waals surface area contributed by atoms with Crippen LogP contribution < -0.4 is 5.73 Å². The van der Waals surface area contributed by atoms with Gasteiger partial charge in [0.05, 0.1) is 25.4 Å². The van der Waals surface area contributed by atoms with E-state index in [-0.39, 0.29) is 6.44 Å². The minimum Gasteiger partial charge on any atom is -0.402 e. The lowest BCUT2D eigenvalue weighted by molar-refractivity contribution is -0.0640. The topological polar surface area (TPSA) is 125 Å². The molecule has 17 heavy (non-hydrogen) atoms. The molecule has 4 unspecified atom stereocenters. The smallest absolute Gasteiger partial charge is 0.402 e. The Balaban J connectivity index is 0.00000121. The van der Waals surface area contributed by atoms with E-state index in [1.165, 1.54) is 0 Å². The van der Waals surface area contributed by atoms with Crippen LogP contribution in [0.15, 0.2) is 0 Å². The minimum atomic E-state index is -1.17. The van der Waals surface area contributed by atoms with Gasteiger partial charge >= 0.3 is 7.12 Å². The lowest BCUT2D eigenvalue weighted by Crippen LogP contribution is -2.45. The summed E-state index contributed by atoms with van der Waals surface area (Å²) in [5, 5.41) is 36.3. The van der Waals surface area contributed by atoms with Crippen LogP contribution >= 0.6 is 0 Å². The van der Waals surface area contributed by atoms with E-state index in [0.717, 1.165) is 0 Å². The maximum Gasteiger partial charge on any atom is 0.472 e. The molecular weight excluding hydrogens is 229 g/mol. The molecule has 1 aliphatic heterocycles. The number of aliphatic hydroxyl groups excluding tert-OH is 4. The maximum atomic E-state index is 9.40. The average Bonchev–Trinajstić information content (AvgIpc) is 2.83. The molecule has 6 N–H and O–H groups in total. The number of rotatable bonds is 5. The SMILES string of the molecule is CC.NCB1OC(C(O)CO)C(C(O)CO)O1. The largest absolute Gasteiger partial charge is 0.472 e. The third-order valence-corrected chi connectivity index (χ3v) is 2.27. The van der Waals surface area contributed by atoms with Crippen molar-refractivity contribution in [1.29, 1.82) is 0 Å². The molecule has 0 aromatic carbocycles. The molecule has 0 bridgehead atoms. The van der Waals surface area contributed by atoms with Gasteiger partial charge < -0.3 is 35.5 Å². The molecule has 1 fully saturated rings. The summed E-state index contributed by atoms with van der Waals surface area (Å²) in [7, 11) is -0.734. The fraction of sp³-hybridized carbons (Fsp3) is 1.00. The minimum absolute atomic E-state index is 0.0727. The van der Waals surface area contributed by atoms with Crippen molar-refractivity contribution in [3.63, 3.8) is 0 Å². The van der Waals surface area contributed by atoms with Crippen molar-refractivity contribution in [3.05, 3.63) is 0 Å². The number of aliphatic hydroxyl groups is 4. The van der Waals surface area contributed by atoms with Gasteiger partial charge in [-0.25, -0.2) is 0 Å². The molecule has 0 radical (unpaired) electrons. The highest BCUT2D eigenvalue weighted by atomic mass is 16.7. The summed E-state index contributed by atoms with van der Waals surface area (Å²) in [4.78, 5) is 0. The van der Waals surface area contributed by atoms with Crippen LogP contribution in [0.1, 0.15) is 13.8 Å². The van der Waals surface area contributed by atoms with E-state index in [4.69, 9.17) is 25.3 Å². The fourth-order valence-electron chi connectivity index (χ4n) is 1.48. The third-order valence-electron chi connectivity index (χ3n) is 2.27. The second-order valence-corrected chi connectivity index (χ2v) is 3.37. The highest BCUT2D eigenvalue weighted by Crippen LogP contribution is 2.22. The molecule has 8 heteroatoms. The van der Waals surface area contributed by atoms with E-state index >= 15 is 0 Å². The van der Waals surface area contributed by atoms with Crippen molar-refractivity contribution in [3.8, 4) is 0 Å². The summed E-state index contributed by atoms with van der Waals surface area (Å²) in [5.74, 6) is 0. The van der Waals surface area contributed by atoms with E-state index < -0.39 is 44.7 Å². The maximum absolute atomic E-state index is 9.40. The Morgan fingerprint density at radius 2 is 1.41 bits per heavy atom. The second kappa shape index (κ2) is 8.81. The van der Waals surface area contributed by atoms with Crippen molar-refractivity contribution >= 4 is 7.12 Å². The van der Waals surface area contributed by atoms with Gasteiger partial charge in [0.2, 0.25) is 0 Å². The monoisotopic (exact) mass is 251 g/mol. The molecule has 1 aliphatic rings. The van der Waals surface area contributed by atoms with Crippen molar-refractivity contribution < 1.29 is 29.7 Å². The van der Waals surface area contributed by atoms with Gasteiger partial charge in [0.15, 0.2) is 0 Å². The molecule has 0 aliphatic carbocycles. The Morgan fingerprint density at radius 1 is 1.06 bits per heavy atom. The van der Waals surface area contributed by atoms with Gasteiger partial charge in [-0.1, -0.05) is 13.8 Å². The Kier molecular flexibility index (Phi) is 8.70. The lowest BCUT2D eigenvalue weighted by Gasteiger charge is -2.24. The highest BCUT2D eigenvalue weighted by molar-refractivity contribution is 6.45. The Labute approximate surface area is 101 Å². The van der Waals surface area contributed by atoms with Crippen molar-refractivity contribution in [2.75, 3.05) is 19.7 Å². The predicted octanol–water partition coefficient (Wildman–Crippen LogP) is -2.51. The summed E-state index contributed by atoms with van der Waals surface area (Å²) in [6, 6.07) is 0. The van der Waals surface area contributed by atoms with Crippen LogP contribution in [0.5, 0.6) is 0 Å². The van der Waals surface area contributed by atoms with E-state index in [0.29, 0.717) is 0 Å². The predicted molar refractivity (Wildman–Crippen MR) is 62.1 cm³/mol. The third kappa shape index (κ3) is 4.51. The summed E-state index contributed by atoms with van der Waals surface area (Å²) in [6.07, 6.45) is -4.04. The molecule has 1 saturated heterocycles. The molecule has 0 saturated carbocycles. The first-order chi connectivity index (χ1) is 8.13. The first kappa shape index (κ1) is 16.8. The summed E-state index contributed by atoms with van der Waals surface area (Å²) in [5.41, 5.74) is 5.30. The summed E-state index contributed by atoms with van der Waals surface area (Å²) >= 11 is 0. The summed E-state index contributed by atoms with van der Waals surface area (Å²) in [6.45, 7) is 2.97. The van der Waals surface area contributed by atoms with Gasteiger partial charge in [0, 0.05) is 6.44 Å². The molecule has 7 nitrogen and oxygen atoms in total. The molecule has 0 aromatic rings. The van der Waals surface area contributed by atoms with E-state index in [9.17, 15) is 10.2 Å². The lowest BCUT2D eigenvalue weighted by atomic mass is 9.92. The fourth-order valence-corrected chi connectivity index (χ4v) is 1.48. The second-order valence-electron chi connectivity index (χ2n) is 3.37. The normalized spacial score (nSPS) is 27.4. The van der Waals surface area contributed by atoms with Gasteiger partial charge in [-0.3, -0.25) is 0 Å². The van der Waals surface area contributed by atoms with Crippen molar-refractivity contribution in [1.82, 2.24) is 0 Å². The molecule has 0 aromatic heterocycles. The quantitative estimate of drug-likeness (QED) is 0.342. The van der Waals surface area contributed by atoms with Crippen LogP contribution in [0.4, 0.5) is 0 Å². The Hall–Kier alpha value is -0.215. The molecule has 1 heterocycles. The Morgan fingerprint density at radius 3 is 1.65 bits per heavy atom. The first-order valence-electron chi connectivity index (χ1n) is 5.72. The van der Waals surface area contributed by atoms with Gasteiger partial charge in [-0.05, 0) is 0 Å². The zero-order valence-corrected chi connectivity index (χ0v) is 10.2. The van der Waals surface area contributed by atoms with E-state index in [1.807, 2.05) is 13.8 Å². The molecular formula is C9H22BNO6. The van der Waals surface area contributed by atoms with Crippen molar-refractivity contribution in [2.24, 2.45) is 5.73 Å². The zero-order chi connectivity index (χ0) is 13.4. The van der Waals surface area contributed by atoms with Crippen LogP contribution in [-0.4, -0.2) is 71.6 Å². The van der Waals surface area contributed by atoms with E-state index in [1.54, 1.807) is 0 Å². The zero-order valence-electron chi connectivity index (χ0n) is 10.2. The van der Waals surface area contributed by atoms with Gasteiger partial charge in [-0.2, -0.15) is 0 Å². The van der Waals surface area contributed by atoms with Gasteiger partial charge in [-0.15, -0.1) is 0 Å². The van der Waals surface area contributed by atoms with Gasteiger partial charge in [0.1, 0.15) is 12.2 Å². The number of hydrogen-bond acceptors (Lipinski definition) is 7. The van der Waals surface area contributed by atoms with Crippen LogP contribution in [0.3, 0.4) is 0 Å². The van der Waals surface area contributed by atoms with Crippen LogP contribution in [0, 0.1) is 0 Å². The van der Waals surface area contributed by atoms with E-state index in [2.05, 4.69) is 0 Å². The standard InChI is InChI=1S/C7H16BNO6.C2H6/c9-3-8-14-6(4(12)1-10)7(15-8)5(13)2-11;1-2/h4-7,10-13H,1-3,9H2;1-2H3. The molecule has 102 valence electrons. The van der Waals surface area contributed by atoms with Gasteiger partial charge in [0.25, 0.3) is 0 Å². The molecule has 0 amide bonds. The molecule has 0 spiro atoms. The summed E-state index contributed by atoms with van der Waals surface area (Å²) < 4.78 is 10.3. The van der Waals surface area contributed by atoms with Crippen LogP contribution in [0.25, 0.3) is 0 Å². The number of nitrogens with two attached hydrogens (primary N) is 1. The van der Waals surface area contributed by atoms with Crippen LogP contribution in [-0.2, 0) is 9.31 Å². The Bertz CT molecular complexity index is 180. The first-order valence-corrected chi connectivity index (χ1v) is 5.72. The van der Waals surface area contributed by atoms with Crippen LogP contribution in [0.2, 0.25) is 0 Å². The number of hydrogen-bond donors (Lipinski definition) is 5.